The molecule has 1 aliphatic heterocycles. The minimum Gasteiger partial charge on any atom is -0.317 e. The lowest BCUT2D eigenvalue weighted by molar-refractivity contribution is -0.137. The molecular formula is C14H16F3N. The lowest BCUT2D eigenvalue weighted by Gasteiger charge is -2.19. The number of alkyl halides is 3. The first kappa shape index (κ1) is 13.1. The molecule has 0 amide bonds. The predicted octanol–water partition coefficient (Wildman–Crippen LogP) is 3.72. The fourth-order valence-electron chi connectivity index (χ4n) is 2.07. The quantitative estimate of drug-likeness (QED) is 0.849. The number of benzene rings is 1. The van der Waals surface area contributed by atoms with E-state index in [0.29, 0.717) is 5.92 Å². The number of piperidine rings is 1. The third kappa shape index (κ3) is 3.60. The van der Waals surface area contributed by atoms with Crippen LogP contribution in [0.25, 0.3) is 6.08 Å². The highest BCUT2D eigenvalue weighted by Gasteiger charge is 2.29. The summed E-state index contributed by atoms with van der Waals surface area (Å²) in [5.41, 5.74) is 0.225. The maximum Gasteiger partial charge on any atom is 0.416 e. The van der Waals surface area contributed by atoms with Crippen LogP contribution in [0.4, 0.5) is 13.2 Å². The van der Waals surface area contributed by atoms with E-state index in [4.69, 9.17) is 0 Å². The molecule has 0 spiro atoms. The number of allylic oxidation sites excluding steroid dienone is 1. The van der Waals surface area contributed by atoms with E-state index in [1.165, 1.54) is 12.1 Å². The van der Waals surface area contributed by atoms with Gasteiger partial charge in [-0.1, -0.05) is 24.3 Å². The Balaban J connectivity index is 1.99. The number of hydrogen-bond donors (Lipinski definition) is 1. The van der Waals surface area contributed by atoms with Crippen molar-refractivity contribution in [2.24, 2.45) is 5.92 Å². The predicted molar refractivity (Wildman–Crippen MR) is 66.1 cm³/mol. The summed E-state index contributed by atoms with van der Waals surface area (Å²) in [6, 6.07) is 5.28. The van der Waals surface area contributed by atoms with E-state index >= 15 is 0 Å². The molecular weight excluding hydrogens is 239 g/mol. The summed E-state index contributed by atoms with van der Waals surface area (Å²) in [6.07, 6.45) is 1.95. The SMILES string of the molecule is FC(F)(F)c1ccc(/C=C/C2CCNCC2)cc1. The molecule has 0 radical (unpaired) electrons. The Kier molecular flexibility index (Phi) is 4.07. The fraction of sp³-hybridized carbons (Fsp3) is 0.429. The molecule has 1 aromatic rings. The van der Waals surface area contributed by atoms with Gasteiger partial charge in [-0.15, -0.1) is 0 Å². The van der Waals surface area contributed by atoms with Crippen LogP contribution in [0.3, 0.4) is 0 Å². The molecule has 0 atom stereocenters. The number of hydrogen-bond acceptors (Lipinski definition) is 1. The molecule has 0 aliphatic carbocycles. The van der Waals surface area contributed by atoms with Gasteiger partial charge in [0.25, 0.3) is 0 Å². The van der Waals surface area contributed by atoms with Crippen molar-refractivity contribution in [2.75, 3.05) is 13.1 Å². The molecule has 0 bridgehead atoms. The highest BCUT2D eigenvalue weighted by Crippen LogP contribution is 2.29. The molecule has 1 N–H and O–H groups in total. The molecule has 0 saturated carbocycles. The zero-order chi connectivity index (χ0) is 13.0. The van der Waals surface area contributed by atoms with Crippen molar-refractivity contribution >= 4 is 6.08 Å². The Morgan fingerprint density at radius 3 is 2.22 bits per heavy atom. The van der Waals surface area contributed by atoms with Crippen molar-refractivity contribution in [1.29, 1.82) is 0 Å². The first-order valence-corrected chi connectivity index (χ1v) is 6.12. The molecule has 1 aromatic carbocycles. The largest absolute Gasteiger partial charge is 0.416 e. The highest BCUT2D eigenvalue weighted by atomic mass is 19.4. The molecule has 1 heterocycles. The van der Waals surface area contributed by atoms with Crippen molar-refractivity contribution in [3.8, 4) is 0 Å². The maximum absolute atomic E-state index is 12.4. The number of halogens is 3. The van der Waals surface area contributed by atoms with E-state index in [9.17, 15) is 13.2 Å². The Labute approximate surface area is 105 Å². The zero-order valence-electron chi connectivity index (χ0n) is 10.0. The van der Waals surface area contributed by atoms with Gasteiger partial charge in [0.15, 0.2) is 0 Å². The molecule has 0 unspecified atom stereocenters. The molecule has 4 heteroatoms. The van der Waals surface area contributed by atoms with E-state index in [-0.39, 0.29) is 0 Å². The normalized spacial score (nSPS) is 18.4. The third-order valence-electron chi connectivity index (χ3n) is 3.18. The van der Waals surface area contributed by atoms with Gasteiger partial charge in [-0.05, 0) is 49.5 Å². The van der Waals surface area contributed by atoms with E-state index in [2.05, 4.69) is 11.4 Å². The summed E-state index contributed by atoms with van der Waals surface area (Å²) in [7, 11) is 0. The Morgan fingerprint density at radius 1 is 1.06 bits per heavy atom. The van der Waals surface area contributed by atoms with Crippen LogP contribution < -0.4 is 5.32 Å². The van der Waals surface area contributed by atoms with Crippen LogP contribution in [0, 0.1) is 5.92 Å². The fourth-order valence-corrected chi connectivity index (χ4v) is 2.07. The molecule has 1 fully saturated rings. The lowest BCUT2D eigenvalue weighted by atomic mass is 9.97. The monoisotopic (exact) mass is 255 g/mol. The second kappa shape index (κ2) is 5.57. The summed E-state index contributed by atoms with van der Waals surface area (Å²) in [5.74, 6) is 0.536. The molecule has 18 heavy (non-hydrogen) atoms. The van der Waals surface area contributed by atoms with E-state index in [0.717, 1.165) is 43.6 Å². The lowest BCUT2D eigenvalue weighted by Crippen LogP contribution is -2.26. The van der Waals surface area contributed by atoms with E-state index < -0.39 is 11.7 Å². The van der Waals surface area contributed by atoms with E-state index in [1.54, 1.807) is 0 Å². The van der Waals surface area contributed by atoms with Crippen LogP contribution in [0.2, 0.25) is 0 Å². The first-order chi connectivity index (χ1) is 8.55. The molecule has 0 aromatic heterocycles. The van der Waals surface area contributed by atoms with Gasteiger partial charge in [0.1, 0.15) is 0 Å². The summed E-state index contributed by atoms with van der Waals surface area (Å²) in [5, 5.41) is 3.28. The summed E-state index contributed by atoms with van der Waals surface area (Å²) in [4.78, 5) is 0. The smallest absolute Gasteiger partial charge is 0.317 e. The molecule has 1 aliphatic rings. The van der Waals surface area contributed by atoms with Crippen LogP contribution in [0.1, 0.15) is 24.0 Å². The van der Waals surface area contributed by atoms with Gasteiger partial charge in [0.05, 0.1) is 5.56 Å². The third-order valence-corrected chi connectivity index (χ3v) is 3.18. The van der Waals surface area contributed by atoms with Gasteiger partial charge in [0.2, 0.25) is 0 Å². The molecule has 1 nitrogen and oxygen atoms in total. The van der Waals surface area contributed by atoms with Gasteiger partial charge >= 0.3 is 6.18 Å². The highest BCUT2D eigenvalue weighted by molar-refractivity contribution is 5.50. The van der Waals surface area contributed by atoms with Gasteiger partial charge in [-0.3, -0.25) is 0 Å². The van der Waals surface area contributed by atoms with Crippen molar-refractivity contribution in [2.45, 2.75) is 19.0 Å². The van der Waals surface area contributed by atoms with Gasteiger partial charge in [-0.2, -0.15) is 13.2 Å². The molecule has 1 saturated heterocycles. The minimum absolute atomic E-state index is 0.536. The Hall–Kier alpha value is -1.29. The van der Waals surface area contributed by atoms with Gasteiger partial charge in [0, 0.05) is 0 Å². The van der Waals surface area contributed by atoms with Crippen LogP contribution in [0.15, 0.2) is 30.3 Å². The van der Waals surface area contributed by atoms with Crippen molar-refractivity contribution < 1.29 is 13.2 Å². The van der Waals surface area contributed by atoms with Crippen LogP contribution in [-0.4, -0.2) is 13.1 Å². The van der Waals surface area contributed by atoms with Crippen LogP contribution >= 0.6 is 0 Å². The summed E-state index contributed by atoms with van der Waals surface area (Å²) < 4.78 is 37.1. The molecule has 98 valence electrons. The topological polar surface area (TPSA) is 12.0 Å². The van der Waals surface area contributed by atoms with Crippen molar-refractivity contribution in [1.82, 2.24) is 5.32 Å². The Bertz CT molecular complexity index is 400. The maximum atomic E-state index is 12.4. The minimum atomic E-state index is -4.25. The van der Waals surface area contributed by atoms with Crippen molar-refractivity contribution in [3.05, 3.63) is 41.5 Å². The summed E-state index contributed by atoms with van der Waals surface area (Å²) in [6.45, 7) is 2.03. The summed E-state index contributed by atoms with van der Waals surface area (Å²) >= 11 is 0. The molecule has 2 rings (SSSR count). The van der Waals surface area contributed by atoms with Gasteiger partial charge < -0.3 is 5.32 Å². The second-order valence-corrected chi connectivity index (χ2v) is 4.57. The second-order valence-electron chi connectivity index (χ2n) is 4.57. The van der Waals surface area contributed by atoms with Crippen LogP contribution in [0.5, 0.6) is 0 Å². The standard InChI is InChI=1S/C14H16F3N/c15-14(16,17)13-5-3-11(4-6-13)1-2-12-7-9-18-10-8-12/h1-6,12,18H,7-10H2/b2-1+. The van der Waals surface area contributed by atoms with E-state index in [1.807, 2.05) is 6.08 Å². The number of nitrogens with one attached hydrogen (secondary N) is 1. The average molecular weight is 255 g/mol. The first-order valence-electron chi connectivity index (χ1n) is 6.12. The van der Waals surface area contributed by atoms with Crippen LogP contribution in [-0.2, 0) is 6.18 Å². The number of rotatable bonds is 2. The van der Waals surface area contributed by atoms with Crippen molar-refractivity contribution in [3.63, 3.8) is 0 Å². The zero-order valence-corrected chi connectivity index (χ0v) is 10.0. The average Bonchev–Trinajstić information content (AvgIpc) is 2.37. The Morgan fingerprint density at radius 2 is 1.67 bits per heavy atom. The van der Waals surface area contributed by atoms with Gasteiger partial charge in [-0.25, -0.2) is 0 Å².